The second-order valence-electron chi connectivity index (χ2n) is 3.20. The minimum Gasteiger partial charge on any atom is -0.378 e. The molecule has 0 unspecified atom stereocenters. The first kappa shape index (κ1) is 9.98. The number of pyridine rings is 1. The molecular formula is C10H11ClN4. The van der Waals surface area contributed by atoms with Crippen LogP contribution in [0, 0.1) is 6.92 Å². The van der Waals surface area contributed by atoms with Gasteiger partial charge in [0.15, 0.2) is 0 Å². The van der Waals surface area contributed by atoms with E-state index in [1.54, 1.807) is 18.6 Å². The molecule has 2 N–H and O–H groups in total. The van der Waals surface area contributed by atoms with Crippen molar-refractivity contribution >= 4 is 17.3 Å². The maximum atomic E-state index is 5.68. The van der Waals surface area contributed by atoms with Crippen molar-refractivity contribution in [1.29, 1.82) is 0 Å². The Morgan fingerprint density at radius 3 is 2.87 bits per heavy atom. The van der Waals surface area contributed by atoms with Gasteiger partial charge in [-0.2, -0.15) is 0 Å². The molecule has 0 fully saturated rings. The lowest BCUT2D eigenvalue weighted by molar-refractivity contribution is 1.05. The summed E-state index contributed by atoms with van der Waals surface area (Å²) in [6.07, 6.45) is 3.39. The third kappa shape index (κ3) is 2.47. The summed E-state index contributed by atoms with van der Waals surface area (Å²) in [6.45, 7) is 2.67. The second-order valence-corrected chi connectivity index (χ2v) is 3.58. The van der Waals surface area contributed by atoms with Crippen molar-refractivity contribution in [1.82, 2.24) is 15.0 Å². The fourth-order valence-electron chi connectivity index (χ4n) is 1.23. The van der Waals surface area contributed by atoms with Gasteiger partial charge in [0, 0.05) is 5.69 Å². The molecule has 5 heteroatoms. The van der Waals surface area contributed by atoms with Crippen molar-refractivity contribution < 1.29 is 0 Å². The van der Waals surface area contributed by atoms with E-state index < -0.39 is 0 Å². The van der Waals surface area contributed by atoms with Crippen LogP contribution in [0.3, 0.4) is 0 Å². The quantitative estimate of drug-likeness (QED) is 0.784. The summed E-state index contributed by atoms with van der Waals surface area (Å²) in [5.41, 5.74) is 3.01. The summed E-state index contributed by atoms with van der Waals surface area (Å²) < 4.78 is 0. The average molecular weight is 223 g/mol. The van der Waals surface area contributed by atoms with Gasteiger partial charge in [0.05, 0.1) is 30.5 Å². The molecule has 0 saturated carbocycles. The van der Waals surface area contributed by atoms with Gasteiger partial charge in [-0.25, -0.2) is 9.97 Å². The maximum absolute atomic E-state index is 5.68. The smallest absolute Gasteiger partial charge is 0.129 e. The van der Waals surface area contributed by atoms with E-state index in [1.165, 1.54) is 0 Å². The van der Waals surface area contributed by atoms with Crippen molar-refractivity contribution in [2.24, 2.45) is 0 Å². The van der Waals surface area contributed by atoms with Gasteiger partial charge in [-0.3, -0.25) is 0 Å². The first-order chi connectivity index (χ1) is 7.25. The highest BCUT2D eigenvalue weighted by Crippen LogP contribution is 2.11. The number of aryl methyl sites for hydroxylation is 1. The average Bonchev–Trinajstić information content (AvgIpc) is 2.63. The Morgan fingerprint density at radius 2 is 2.27 bits per heavy atom. The molecule has 0 saturated heterocycles. The maximum Gasteiger partial charge on any atom is 0.129 e. The SMILES string of the molecule is Cc1[nH]cnc1CNc1ccc(Cl)nc1. The molecule has 0 aliphatic carbocycles. The van der Waals surface area contributed by atoms with Crippen molar-refractivity contribution in [2.45, 2.75) is 13.5 Å². The van der Waals surface area contributed by atoms with Crippen LogP contribution in [0.4, 0.5) is 5.69 Å². The van der Waals surface area contributed by atoms with Crippen molar-refractivity contribution in [3.05, 3.63) is 41.2 Å². The third-order valence-corrected chi connectivity index (χ3v) is 2.35. The molecule has 0 amide bonds. The van der Waals surface area contributed by atoms with Crippen LogP contribution in [-0.4, -0.2) is 15.0 Å². The molecule has 0 aliphatic rings. The Kier molecular flexibility index (Phi) is 2.87. The number of aromatic amines is 1. The molecule has 0 aliphatic heterocycles. The third-order valence-electron chi connectivity index (χ3n) is 2.12. The normalized spacial score (nSPS) is 10.3. The number of rotatable bonds is 3. The number of nitrogens with zero attached hydrogens (tertiary/aromatic N) is 2. The predicted octanol–water partition coefficient (Wildman–Crippen LogP) is 2.38. The van der Waals surface area contributed by atoms with Gasteiger partial charge < -0.3 is 10.3 Å². The lowest BCUT2D eigenvalue weighted by atomic mass is 10.3. The van der Waals surface area contributed by atoms with Gasteiger partial charge in [0.1, 0.15) is 5.15 Å². The van der Waals surface area contributed by atoms with Crippen molar-refractivity contribution in [3.8, 4) is 0 Å². The van der Waals surface area contributed by atoms with Gasteiger partial charge in [-0.15, -0.1) is 0 Å². The summed E-state index contributed by atoms with van der Waals surface area (Å²) in [5.74, 6) is 0. The lowest BCUT2D eigenvalue weighted by Gasteiger charge is -2.04. The summed E-state index contributed by atoms with van der Waals surface area (Å²) in [4.78, 5) is 11.2. The Labute approximate surface area is 92.7 Å². The molecule has 2 heterocycles. The van der Waals surface area contributed by atoms with E-state index in [2.05, 4.69) is 20.3 Å². The molecule has 0 bridgehead atoms. The summed E-state index contributed by atoms with van der Waals surface area (Å²) in [6, 6.07) is 3.64. The zero-order valence-electron chi connectivity index (χ0n) is 8.29. The van der Waals surface area contributed by atoms with E-state index >= 15 is 0 Å². The Bertz CT molecular complexity index is 435. The number of hydrogen-bond acceptors (Lipinski definition) is 3. The highest BCUT2D eigenvalue weighted by Gasteiger charge is 2.00. The van der Waals surface area contributed by atoms with Crippen LogP contribution >= 0.6 is 11.6 Å². The van der Waals surface area contributed by atoms with Crippen LogP contribution in [0.2, 0.25) is 5.15 Å². The number of halogens is 1. The Balaban J connectivity index is 1.99. The molecule has 0 atom stereocenters. The van der Waals surface area contributed by atoms with Gasteiger partial charge in [-0.1, -0.05) is 11.6 Å². The zero-order valence-corrected chi connectivity index (χ0v) is 9.04. The van der Waals surface area contributed by atoms with Crippen LogP contribution in [0.15, 0.2) is 24.7 Å². The van der Waals surface area contributed by atoms with Crippen LogP contribution in [0.25, 0.3) is 0 Å². The van der Waals surface area contributed by atoms with Gasteiger partial charge in [-0.05, 0) is 19.1 Å². The van der Waals surface area contributed by atoms with E-state index in [1.807, 2.05) is 13.0 Å². The standard InChI is InChI=1S/C10H11ClN4/c1-7-9(15-6-14-7)5-12-8-2-3-10(11)13-4-8/h2-4,6,12H,5H2,1H3,(H,14,15). The fraction of sp³-hybridized carbons (Fsp3) is 0.200. The second kappa shape index (κ2) is 4.31. The fourth-order valence-corrected chi connectivity index (χ4v) is 1.34. The van der Waals surface area contributed by atoms with E-state index in [9.17, 15) is 0 Å². The van der Waals surface area contributed by atoms with E-state index in [0.717, 1.165) is 17.1 Å². The monoisotopic (exact) mass is 222 g/mol. The number of hydrogen-bond donors (Lipinski definition) is 2. The lowest BCUT2D eigenvalue weighted by Crippen LogP contribution is -2.01. The number of H-pyrrole nitrogens is 1. The van der Waals surface area contributed by atoms with Crippen molar-refractivity contribution in [3.63, 3.8) is 0 Å². The van der Waals surface area contributed by atoms with Gasteiger partial charge >= 0.3 is 0 Å². The van der Waals surface area contributed by atoms with Crippen LogP contribution in [0.5, 0.6) is 0 Å². The Hall–Kier alpha value is -1.55. The number of nitrogens with one attached hydrogen (secondary N) is 2. The highest BCUT2D eigenvalue weighted by molar-refractivity contribution is 6.29. The molecular weight excluding hydrogens is 212 g/mol. The van der Waals surface area contributed by atoms with Crippen molar-refractivity contribution in [2.75, 3.05) is 5.32 Å². The first-order valence-electron chi connectivity index (χ1n) is 4.60. The van der Waals surface area contributed by atoms with Gasteiger partial charge in [0.25, 0.3) is 0 Å². The largest absolute Gasteiger partial charge is 0.378 e. The van der Waals surface area contributed by atoms with E-state index in [4.69, 9.17) is 11.6 Å². The first-order valence-corrected chi connectivity index (χ1v) is 4.98. The molecule has 0 aromatic carbocycles. The minimum atomic E-state index is 0.497. The number of aromatic nitrogens is 3. The molecule has 4 nitrogen and oxygen atoms in total. The topological polar surface area (TPSA) is 53.6 Å². The number of imidazole rings is 1. The molecule has 15 heavy (non-hydrogen) atoms. The molecule has 2 rings (SSSR count). The molecule has 0 spiro atoms. The summed E-state index contributed by atoms with van der Waals surface area (Å²) >= 11 is 5.68. The zero-order chi connectivity index (χ0) is 10.7. The van der Waals surface area contributed by atoms with Crippen LogP contribution in [0.1, 0.15) is 11.4 Å². The predicted molar refractivity (Wildman–Crippen MR) is 59.9 cm³/mol. The van der Waals surface area contributed by atoms with E-state index in [0.29, 0.717) is 11.7 Å². The molecule has 2 aromatic heterocycles. The van der Waals surface area contributed by atoms with E-state index in [-0.39, 0.29) is 0 Å². The van der Waals surface area contributed by atoms with Crippen LogP contribution in [-0.2, 0) is 6.54 Å². The van der Waals surface area contributed by atoms with Crippen LogP contribution < -0.4 is 5.32 Å². The Morgan fingerprint density at radius 1 is 1.40 bits per heavy atom. The molecule has 2 aromatic rings. The highest BCUT2D eigenvalue weighted by atomic mass is 35.5. The molecule has 78 valence electrons. The summed E-state index contributed by atoms with van der Waals surface area (Å²) in [7, 11) is 0. The molecule has 0 radical (unpaired) electrons. The minimum absolute atomic E-state index is 0.497. The van der Waals surface area contributed by atoms with Gasteiger partial charge in [0.2, 0.25) is 0 Å². The number of anilines is 1. The summed E-state index contributed by atoms with van der Waals surface area (Å²) in [5, 5.41) is 3.71.